The summed E-state index contributed by atoms with van der Waals surface area (Å²) in [6.07, 6.45) is 0. The fraction of sp³-hybridized carbons (Fsp3) is 0.500. The number of nitrogens with one attached hydrogen (secondary N) is 1. The summed E-state index contributed by atoms with van der Waals surface area (Å²) in [6, 6.07) is 8.20. The highest BCUT2D eigenvalue weighted by molar-refractivity contribution is 7.80. The molecule has 0 saturated heterocycles. The Morgan fingerprint density at radius 1 is 1.37 bits per heavy atom. The number of rotatable bonds is 5. The summed E-state index contributed by atoms with van der Waals surface area (Å²) in [5, 5.41) is 4.71. The van der Waals surface area contributed by atoms with E-state index in [0.29, 0.717) is 11.7 Å². The van der Waals surface area contributed by atoms with Crippen LogP contribution in [0, 0.1) is 0 Å². The van der Waals surface area contributed by atoms with Crippen molar-refractivity contribution in [3.05, 3.63) is 34.9 Å². The summed E-state index contributed by atoms with van der Waals surface area (Å²) in [6.45, 7) is 4.78. The molecule has 0 heterocycles. The summed E-state index contributed by atoms with van der Waals surface area (Å²) in [5.41, 5.74) is 1.18. The molecular weight excluding hydrogens is 280 g/mol. The molecule has 0 amide bonds. The fourth-order valence-corrected chi connectivity index (χ4v) is 2.23. The molecular formula is C14H21ClN2OS. The van der Waals surface area contributed by atoms with E-state index in [0.717, 1.165) is 5.02 Å². The lowest BCUT2D eigenvalue weighted by molar-refractivity contribution is 0.177. The van der Waals surface area contributed by atoms with E-state index in [9.17, 15) is 0 Å². The number of benzene rings is 1. The molecule has 0 fully saturated rings. The number of ether oxygens (including phenoxy) is 1. The average Bonchev–Trinajstić information content (AvgIpc) is 2.38. The van der Waals surface area contributed by atoms with Gasteiger partial charge in [0.2, 0.25) is 0 Å². The highest BCUT2D eigenvalue weighted by atomic mass is 35.5. The van der Waals surface area contributed by atoms with Gasteiger partial charge < -0.3 is 15.0 Å². The van der Waals surface area contributed by atoms with Gasteiger partial charge in [-0.25, -0.2) is 0 Å². The highest BCUT2D eigenvalue weighted by Gasteiger charge is 2.15. The summed E-state index contributed by atoms with van der Waals surface area (Å²) in [5.74, 6) is 0. The second-order valence-corrected chi connectivity index (χ2v) is 5.47. The second kappa shape index (κ2) is 7.68. The van der Waals surface area contributed by atoms with Crippen molar-refractivity contribution in [2.45, 2.75) is 25.9 Å². The van der Waals surface area contributed by atoms with Gasteiger partial charge >= 0.3 is 0 Å². The molecule has 2 unspecified atom stereocenters. The Bertz CT molecular complexity index is 410. The molecule has 0 aliphatic rings. The van der Waals surface area contributed by atoms with E-state index in [-0.39, 0.29) is 12.1 Å². The van der Waals surface area contributed by atoms with Gasteiger partial charge in [0.1, 0.15) is 0 Å². The molecule has 3 nitrogen and oxygen atoms in total. The van der Waals surface area contributed by atoms with Gasteiger partial charge in [0.05, 0.1) is 12.6 Å². The van der Waals surface area contributed by atoms with Crippen LogP contribution in [0.1, 0.15) is 25.5 Å². The van der Waals surface area contributed by atoms with Crippen LogP contribution in [0.25, 0.3) is 0 Å². The minimum absolute atomic E-state index is 0.187. The Hall–Kier alpha value is -0.840. The molecule has 5 heteroatoms. The van der Waals surface area contributed by atoms with Crippen LogP contribution in [0.4, 0.5) is 0 Å². The molecule has 0 radical (unpaired) electrons. The van der Waals surface area contributed by atoms with Crippen LogP contribution in [0.5, 0.6) is 0 Å². The first kappa shape index (κ1) is 16.2. The molecule has 1 N–H and O–H groups in total. The van der Waals surface area contributed by atoms with Gasteiger partial charge in [-0.2, -0.15) is 0 Å². The molecule has 0 aromatic heterocycles. The lowest BCUT2D eigenvalue weighted by atomic mass is 10.1. The van der Waals surface area contributed by atoms with Crippen LogP contribution in [-0.2, 0) is 4.74 Å². The summed E-state index contributed by atoms with van der Waals surface area (Å²) < 4.78 is 5.09. The third-order valence-electron chi connectivity index (χ3n) is 3.04. The summed E-state index contributed by atoms with van der Waals surface area (Å²) >= 11 is 11.3. The maximum atomic E-state index is 5.90. The van der Waals surface area contributed by atoms with Crippen LogP contribution < -0.4 is 5.32 Å². The molecule has 1 aromatic carbocycles. The van der Waals surface area contributed by atoms with Crippen LogP contribution in [-0.4, -0.2) is 36.8 Å². The zero-order valence-electron chi connectivity index (χ0n) is 11.8. The van der Waals surface area contributed by atoms with E-state index in [1.54, 1.807) is 7.11 Å². The Morgan fingerprint density at radius 2 is 1.95 bits per heavy atom. The van der Waals surface area contributed by atoms with E-state index < -0.39 is 0 Å². The Morgan fingerprint density at radius 3 is 2.47 bits per heavy atom. The van der Waals surface area contributed by atoms with Crippen LogP contribution in [0.2, 0.25) is 5.02 Å². The number of hydrogen-bond donors (Lipinski definition) is 1. The predicted octanol–water partition coefficient (Wildman–Crippen LogP) is 3.24. The summed E-state index contributed by atoms with van der Waals surface area (Å²) in [4.78, 5) is 2.03. The molecule has 1 aromatic rings. The maximum Gasteiger partial charge on any atom is 0.169 e. The van der Waals surface area contributed by atoms with Crippen molar-refractivity contribution in [3.8, 4) is 0 Å². The normalized spacial score (nSPS) is 13.7. The zero-order chi connectivity index (χ0) is 14.4. The van der Waals surface area contributed by atoms with Gasteiger partial charge in [-0.05, 0) is 43.8 Å². The minimum Gasteiger partial charge on any atom is -0.383 e. The first-order chi connectivity index (χ1) is 8.95. The largest absolute Gasteiger partial charge is 0.383 e. The number of hydrogen-bond acceptors (Lipinski definition) is 2. The first-order valence-electron chi connectivity index (χ1n) is 6.23. The molecule has 0 bridgehead atoms. The van der Waals surface area contributed by atoms with Gasteiger partial charge in [-0.3, -0.25) is 0 Å². The molecule has 0 spiro atoms. The Balaban J connectivity index is 2.63. The number of thiocarbonyl (C=S) groups is 1. The van der Waals surface area contributed by atoms with Crippen LogP contribution in [0.15, 0.2) is 24.3 Å². The molecule has 0 saturated carbocycles. The van der Waals surface area contributed by atoms with E-state index >= 15 is 0 Å². The minimum atomic E-state index is 0.187. The van der Waals surface area contributed by atoms with Crippen molar-refractivity contribution in [1.82, 2.24) is 10.2 Å². The van der Waals surface area contributed by atoms with Gasteiger partial charge in [0.15, 0.2) is 5.11 Å². The molecule has 1 rings (SSSR count). The quantitative estimate of drug-likeness (QED) is 0.844. The smallest absolute Gasteiger partial charge is 0.169 e. The summed E-state index contributed by atoms with van der Waals surface area (Å²) in [7, 11) is 3.66. The van der Waals surface area contributed by atoms with E-state index in [1.165, 1.54) is 5.56 Å². The molecule has 19 heavy (non-hydrogen) atoms. The van der Waals surface area contributed by atoms with Crippen molar-refractivity contribution in [1.29, 1.82) is 0 Å². The molecule has 106 valence electrons. The monoisotopic (exact) mass is 300 g/mol. The standard InChI is InChI=1S/C14H21ClN2OS/c1-10(9-18-4)16-14(19)17(3)11(2)12-5-7-13(15)8-6-12/h5-8,10-11H,9H2,1-4H3,(H,16,19). The topological polar surface area (TPSA) is 24.5 Å². The van der Waals surface area contributed by atoms with E-state index in [1.807, 2.05) is 43.1 Å². The van der Waals surface area contributed by atoms with Gasteiger partial charge in [-0.15, -0.1) is 0 Å². The maximum absolute atomic E-state index is 5.90. The molecule has 0 aliphatic heterocycles. The third-order valence-corrected chi connectivity index (χ3v) is 3.70. The number of methoxy groups -OCH3 is 1. The van der Waals surface area contributed by atoms with Gasteiger partial charge in [0.25, 0.3) is 0 Å². The predicted molar refractivity (Wildman–Crippen MR) is 84.7 cm³/mol. The van der Waals surface area contributed by atoms with Crippen LogP contribution in [0.3, 0.4) is 0 Å². The third kappa shape index (κ3) is 4.97. The second-order valence-electron chi connectivity index (χ2n) is 4.64. The lowest BCUT2D eigenvalue weighted by Crippen LogP contribution is -2.44. The molecule has 0 aliphatic carbocycles. The SMILES string of the molecule is COCC(C)NC(=S)N(C)C(C)c1ccc(Cl)cc1. The van der Waals surface area contributed by atoms with E-state index in [2.05, 4.69) is 12.2 Å². The number of halogens is 1. The van der Waals surface area contributed by atoms with Gasteiger partial charge in [0, 0.05) is 25.2 Å². The van der Waals surface area contributed by atoms with E-state index in [4.69, 9.17) is 28.6 Å². The highest BCUT2D eigenvalue weighted by Crippen LogP contribution is 2.20. The first-order valence-corrected chi connectivity index (χ1v) is 7.02. The zero-order valence-corrected chi connectivity index (χ0v) is 13.4. The van der Waals surface area contributed by atoms with Crippen molar-refractivity contribution in [2.24, 2.45) is 0 Å². The van der Waals surface area contributed by atoms with Crippen molar-refractivity contribution < 1.29 is 4.74 Å². The lowest BCUT2D eigenvalue weighted by Gasteiger charge is -2.29. The van der Waals surface area contributed by atoms with Crippen molar-refractivity contribution in [3.63, 3.8) is 0 Å². The number of nitrogens with zero attached hydrogens (tertiary/aromatic N) is 1. The van der Waals surface area contributed by atoms with Crippen LogP contribution >= 0.6 is 23.8 Å². The van der Waals surface area contributed by atoms with Crippen molar-refractivity contribution >= 4 is 28.9 Å². The Kier molecular flexibility index (Phi) is 6.55. The van der Waals surface area contributed by atoms with Crippen molar-refractivity contribution in [2.75, 3.05) is 20.8 Å². The average molecular weight is 301 g/mol. The molecule has 2 atom stereocenters. The van der Waals surface area contributed by atoms with Gasteiger partial charge in [-0.1, -0.05) is 23.7 Å². The fourth-order valence-electron chi connectivity index (χ4n) is 1.75. The Labute approximate surface area is 125 Å².